The first-order valence-electron chi connectivity index (χ1n) is 22.7. The Balaban J connectivity index is 0.897. The minimum atomic E-state index is -0.668. The molecule has 9 rings (SSSR count). The number of aliphatic hydroxyl groups excluding tert-OH is 1. The summed E-state index contributed by atoms with van der Waals surface area (Å²) in [5.41, 5.74) is 4.71. The van der Waals surface area contributed by atoms with E-state index in [0.717, 1.165) is 100.0 Å². The Bertz CT molecular complexity index is 2040. The van der Waals surface area contributed by atoms with Gasteiger partial charge in [-0.15, -0.1) is 0 Å². The monoisotopic (exact) mass is 840 g/mol. The van der Waals surface area contributed by atoms with Gasteiger partial charge in [0.1, 0.15) is 23.7 Å². The Morgan fingerprint density at radius 3 is 1.84 bits per heavy atom. The molecule has 3 aromatic rings. The van der Waals surface area contributed by atoms with Crippen molar-refractivity contribution in [1.82, 2.24) is 45.3 Å². The zero-order valence-electron chi connectivity index (χ0n) is 36.5. The molecule has 2 aromatic heterocycles. The van der Waals surface area contributed by atoms with Crippen LogP contribution in [0.3, 0.4) is 0 Å². The van der Waals surface area contributed by atoms with E-state index in [1.54, 1.807) is 4.90 Å². The molecule has 3 aliphatic carbocycles. The van der Waals surface area contributed by atoms with Gasteiger partial charge < -0.3 is 45.1 Å². The minimum absolute atomic E-state index is 0.0484. The molecule has 3 saturated carbocycles. The van der Waals surface area contributed by atoms with Crippen molar-refractivity contribution in [2.75, 3.05) is 33.4 Å². The van der Waals surface area contributed by atoms with E-state index in [9.17, 15) is 24.3 Å². The lowest BCUT2D eigenvalue weighted by Gasteiger charge is -2.53. The van der Waals surface area contributed by atoms with Crippen LogP contribution >= 0.6 is 0 Å². The minimum Gasteiger partial charge on any atom is -0.453 e. The molecule has 2 bridgehead atoms. The van der Waals surface area contributed by atoms with Crippen LogP contribution in [0.2, 0.25) is 0 Å². The number of aliphatic hydroxyl groups is 1. The molecule has 5 amide bonds. The van der Waals surface area contributed by atoms with Crippen molar-refractivity contribution in [2.45, 2.75) is 146 Å². The zero-order chi connectivity index (χ0) is 43.1. The lowest BCUT2D eigenvalue weighted by atomic mass is 9.51. The molecule has 6 fully saturated rings. The maximum atomic E-state index is 14.0. The number of ether oxygens (including phenoxy) is 1. The zero-order valence-corrected chi connectivity index (χ0v) is 36.5. The number of aromatic nitrogens is 4. The number of urea groups is 1. The van der Waals surface area contributed by atoms with Gasteiger partial charge in [-0.1, -0.05) is 52.0 Å². The number of carbonyl (C=O) groups is 4. The summed E-state index contributed by atoms with van der Waals surface area (Å²) in [6, 6.07) is 6.80. The molecule has 5 N–H and O–H groups in total. The Morgan fingerprint density at radius 1 is 0.738 bits per heavy atom. The van der Waals surface area contributed by atoms with Crippen LogP contribution in [0.1, 0.15) is 140 Å². The second kappa shape index (κ2) is 17.5. The Hall–Kier alpha value is -4.92. The molecule has 15 nitrogen and oxygen atoms in total. The van der Waals surface area contributed by atoms with E-state index in [1.807, 2.05) is 49.9 Å². The van der Waals surface area contributed by atoms with Crippen molar-refractivity contribution < 1.29 is 29.0 Å². The predicted molar refractivity (Wildman–Crippen MR) is 229 cm³/mol. The second-order valence-corrected chi connectivity index (χ2v) is 19.1. The summed E-state index contributed by atoms with van der Waals surface area (Å²) < 4.78 is 4.80. The number of alkyl carbamates (subject to hydrolysis) is 1. The normalized spacial score (nSPS) is 27.2. The van der Waals surface area contributed by atoms with Gasteiger partial charge in [0, 0.05) is 36.9 Å². The van der Waals surface area contributed by atoms with E-state index in [2.05, 4.69) is 44.9 Å². The molecule has 1 aromatic carbocycles. The van der Waals surface area contributed by atoms with E-state index in [4.69, 9.17) is 14.7 Å². The fourth-order valence-electron chi connectivity index (χ4n) is 11.2. The van der Waals surface area contributed by atoms with Crippen molar-refractivity contribution in [3.63, 3.8) is 0 Å². The molecule has 0 spiro atoms. The van der Waals surface area contributed by atoms with E-state index in [-0.39, 0.29) is 65.2 Å². The third kappa shape index (κ3) is 8.14. The number of rotatable bonds is 12. The van der Waals surface area contributed by atoms with Gasteiger partial charge in [0.05, 0.1) is 43.7 Å². The Morgan fingerprint density at radius 2 is 1.26 bits per heavy atom. The second-order valence-electron chi connectivity index (χ2n) is 19.1. The van der Waals surface area contributed by atoms with Crippen LogP contribution in [0.4, 0.5) is 9.59 Å². The van der Waals surface area contributed by atoms with E-state index < -0.39 is 18.2 Å². The Kier molecular flexibility index (Phi) is 12.2. The Labute approximate surface area is 359 Å². The largest absolute Gasteiger partial charge is 0.453 e. The highest BCUT2D eigenvalue weighted by Crippen LogP contribution is 2.58. The number of fused-ring (bicyclic) bond motifs is 3. The smallest absolute Gasteiger partial charge is 0.407 e. The number of aromatic amines is 2. The number of likely N-dealkylation sites (tertiary alicyclic amines) is 3. The number of benzene rings is 1. The van der Waals surface area contributed by atoms with E-state index in [1.165, 1.54) is 18.4 Å². The third-order valence-electron chi connectivity index (χ3n) is 15.0. The topological polar surface area (TPSA) is 189 Å². The summed E-state index contributed by atoms with van der Waals surface area (Å²) in [6.45, 7) is 9.52. The van der Waals surface area contributed by atoms with Crippen LogP contribution in [0.5, 0.6) is 0 Å². The highest BCUT2D eigenvalue weighted by atomic mass is 16.5. The number of hydrogen-bond donors (Lipinski definition) is 5. The molecular formula is C46H65N9O6. The van der Waals surface area contributed by atoms with Gasteiger partial charge in [0.15, 0.2) is 0 Å². The van der Waals surface area contributed by atoms with Crippen molar-refractivity contribution >= 4 is 23.9 Å². The first kappa shape index (κ1) is 42.8. The SMILES string of the molecule is COC(=O)N[C@H](C(=O)N1CCC[C@H]1c1ncc(C23CCC(c4ccc(-c5cnc([C@@H]6CCCN6C(=O)[C@@H](NC(=O)N6CCC[C@H]6CO)C(C)C)[nH]5)cc4)(CC2)CC3)[nH]1)C(C)C. The molecule has 330 valence electrons. The number of amides is 5. The fraction of sp³-hybridized carbons (Fsp3) is 0.652. The highest BCUT2D eigenvalue weighted by molar-refractivity contribution is 5.88. The predicted octanol–water partition coefficient (Wildman–Crippen LogP) is 6.24. The number of carbonyl (C=O) groups excluding carboxylic acids is 4. The number of methoxy groups -OCH3 is 1. The molecule has 3 aliphatic heterocycles. The number of imidazole rings is 2. The maximum Gasteiger partial charge on any atom is 0.407 e. The van der Waals surface area contributed by atoms with Gasteiger partial charge in [-0.25, -0.2) is 19.6 Å². The number of H-pyrrole nitrogens is 2. The van der Waals surface area contributed by atoms with Crippen LogP contribution in [-0.2, 0) is 25.2 Å². The summed E-state index contributed by atoms with van der Waals surface area (Å²) in [7, 11) is 1.31. The van der Waals surface area contributed by atoms with Crippen LogP contribution in [0.25, 0.3) is 11.3 Å². The molecule has 5 atom stereocenters. The van der Waals surface area contributed by atoms with Crippen LogP contribution in [0, 0.1) is 11.8 Å². The highest BCUT2D eigenvalue weighted by Gasteiger charge is 2.51. The first-order valence-corrected chi connectivity index (χ1v) is 22.7. The van der Waals surface area contributed by atoms with E-state index >= 15 is 0 Å². The third-order valence-corrected chi connectivity index (χ3v) is 15.0. The summed E-state index contributed by atoms with van der Waals surface area (Å²) in [5.74, 6) is 1.22. The lowest BCUT2D eigenvalue weighted by Crippen LogP contribution is -2.55. The average Bonchev–Trinajstić information content (AvgIpc) is 4.13. The molecule has 15 heteroatoms. The first-order chi connectivity index (χ1) is 29.4. The molecule has 3 saturated heterocycles. The maximum absolute atomic E-state index is 14.0. The summed E-state index contributed by atoms with van der Waals surface area (Å²) in [5, 5.41) is 15.5. The van der Waals surface area contributed by atoms with Crippen molar-refractivity contribution in [1.29, 1.82) is 0 Å². The molecule has 0 unspecified atom stereocenters. The van der Waals surface area contributed by atoms with Crippen molar-refractivity contribution in [2.24, 2.45) is 11.8 Å². The van der Waals surface area contributed by atoms with Gasteiger partial charge in [0.2, 0.25) is 11.8 Å². The van der Waals surface area contributed by atoms with Crippen LogP contribution in [0.15, 0.2) is 36.7 Å². The van der Waals surface area contributed by atoms with Gasteiger partial charge >= 0.3 is 12.1 Å². The molecule has 0 radical (unpaired) electrons. The fourth-order valence-corrected chi connectivity index (χ4v) is 11.2. The summed E-state index contributed by atoms with van der Waals surface area (Å²) in [4.78, 5) is 75.3. The lowest BCUT2D eigenvalue weighted by molar-refractivity contribution is -0.136. The quantitative estimate of drug-likeness (QED) is 0.142. The van der Waals surface area contributed by atoms with Gasteiger partial charge in [-0.3, -0.25) is 9.59 Å². The van der Waals surface area contributed by atoms with Crippen molar-refractivity contribution in [3.05, 3.63) is 59.6 Å². The molecule has 6 aliphatic rings. The van der Waals surface area contributed by atoms with E-state index in [0.29, 0.717) is 19.6 Å². The van der Waals surface area contributed by atoms with Gasteiger partial charge in [0.25, 0.3) is 0 Å². The van der Waals surface area contributed by atoms with Crippen molar-refractivity contribution in [3.8, 4) is 11.3 Å². The molecule has 61 heavy (non-hydrogen) atoms. The summed E-state index contributed by atoms with van der Waals surface area (Å²) in [6.07, 6.45) is 14.8. The summed E-state index contributed by atoms with van der Waals surface area (Å²) >= 11 is 0. The average molecular weight is 840 g/mol. The number of nitrogens with one attached hydrogen (secondary N) is 4. The number of hydrogen-bond acceptors (Lipinski definition) is 8. The van der Waals surface area contributed by atoms with Crippen LogP contribution < -0.4 is 10.6 Å². The standard InChI is InChI=1S/C46H65N9O6/c1-28(2)37(51-43(59)53-22-6-9-32(53)27-56)41(57)54-23-7-10-34(54)39-47-25-33(49-39)30-12-14-31(15-13-30)45-16-19-46(20-17-45,21-18-45)36-26-48-40(50-36)35-11-8-24-55(35)42(58)38(29(3)4)52-44(60)61-5/h12-15,25-26,28-29,32,34-35,37-38,56H,6-11,16-24,27H2,1-5H3,(H,47,49)(H,48,50)(H,51,59)(H,52,60)/t32-,34-,35-,37-,38-,45?,46?/m0/s1. The molecule has 5 heterocycles. The molecular weight excluding hydrogens is 775 g/mol. The number of nitrogens with zero attached hydrogens (tertiary/aromatic N) is 5. The van der Waals surface area contributed by atoms with Crippen LogP contribution in [-0.4, -0.2) is 115 Å². The van der Waals surface area contributed by atoms with Gasteiger partial charge in [-0.05, 0) is 105 Å². The van der Waals surface area contributed by atoms with Gasteiger partial charge in [-0.2, -0.15) is 0 Å².